The molecule has 5 nitrogen and oxygen atoms in total. The van der Waals surface area contributed by atoms with Crippen molar-refractivity contribution in [2.45, 2.75) is 45.9 Å². The quantitative estimate of drug-likeness (QED) is 0.598. The second kappa shape index (κ2) is 6.84. The lowest BCUT2D eigenvalue weighted by atomic mass is 10.1. The predicted molar refractivity (Wildman–Crippen MR) is 109 cm³/mol. The molecular weight excluding hydrogens is 382 g/mol. The third kappa shape index (κ3) is 3.82. The number of aromatic nitrogens is 2. The van der Waals surface area contributed by atoms with Gasteiger partial charge in [0.1, 0.15) is 11.4 Å². The van der Waals surface area contributed by atoms with Crippen LogP contribution in [0.4, 0.5) is 4.79 Å². The molecule has 1 aliphatic heterocycles. The van der Waals surface area contributed by atoms with E-state index in [1.54, 1.807) is 16.2 Å². The summed E-state index contributed by atoms with van der Waals surface area (Å²) in [7, 11) is 0. The molecule has 142 valence electrons. The Hall–Kier alpha value is -2.05. The van der Waals surface area contributed by atoms with Gasteiger partial charge in [-0.1, -0.05) is 23.7 Å². The second-order valence-corrected chi connectivity index (χ2v) is 9.55. The highest BCUT2D eigenvalue weighted by Gasteiger charge is 2.27. The summed E-state index contributed by atoms with van der Waals surface area (Å²) in [5, 5.41) is 0. The van der Waals surface area contributed by atoms with E-state index in [4.69, 9.17) is 21.3 Å². The van der Waals surface area contributed by atoms with Gasteiger partial charge in [0.2, 0.25) is 0 Å². The zero-order valence-electron chi connectivity index (χ0n) is 15.7. The number of ether oxygens (including phenoxy) is 1. The molecule has 0 saturated heterocycles. The molecule has 2 aromatic heterocycles. The lowest BCUT2D eigenvalue weighted by molar-refractivity contribution is 0.0197. The van der Waals surface area contributed by atoms with Gasteiger partial charge in [-0.15, -0.1) is 11.3 Å². The van der Waals surface area contributed by atoms with E-state index < -0.39 is 5.60 Å². The Morgan fingerprint density at radius 3 is 2.78 bits per heavy atom. The number of amides is 1. The largest absolute Gasteiger partial charge is 0.444 e. The summed E-state index contributed by atoms with van der Waals surface area (Å²) >= 11 is 7.67. The van der Waals surface area contributed by atoms with Gasteiger partial charge in [0.25, 0.3) is 0 Å². The molecular formula is C20H22ClN3O2S. The van der Waals surface area contributed by atoms with Crippen molar-refractivity contribution in [3.63, 3.8) is 0 Å². The van der Waals surface area contributed by atoms with Crippen LogP contribution in [0.1, 0.15) is 37.0 Å². The first-order chi connectivity index (χ1) is 12.8. The number of rotatable bonds is 2. The zero-order chi connectivity index (χ0) is 19.2. The minimum Gasteiger partial charge on any atom is -0.444 e. The fourth-order valence-corrected chi connectivity index (χ4v) is 4.46. The lowest BCUT2D eigenvalue weighted by Gasteiger charge is -2.30. The van der Waals surface area contributed by atoms with Crippen molar-refractivity contribution < 1.29 is 9.53 Å². The van der Waals surface area contributed by atoms with Gasteiger partial charge in [-0.2, -0.15) is 0 Å². The van der Waals surface area contributed by atoms with E-state index in [1.165, 1.54) is 10.4 Å². The van der Waals surface area contributed by atoms with Crippen molar-refractivity contribution in [2.75, 3.05) is 6.54 Å². The maximum absolute atomic E-state index is 12.4. The van der Waals surface area contributed by atoms with Gasteiger partial charge < -0.3 is 9.30 Å². The molecule has 1 amide bonds. The van der Waals surface area contributed by atoms with Gasteiger partial charge in [-0.05, 0) is 44.5 Å². The van der Waals surface area contributed by atoms with Gasteiger partial charge in [-0.3, -0.25) is 4.90 Å². The molecule has 0 unspecified atom stereocenters. The molecule has 0 aliphatic carbocycles. The first kappa shape index (κ1) is 18.3. The maximum Gasteiger partial charge on any atom is 0.410 e. The van der Waals surface area contributed by atoms with Crippen molar-refractivity contribution in [2.24, 2.45) is 0 Å². The number of halogens is 1. The summed E-state index contributed by atoms with van der Waals surface area (Å²) in [5.41, 5.74) is 2.80. The van der Waals surface area contributed by atoms with Crippen LogP contribution in [0.2, 0.25) is 4.34 Å². The highest BCUT2D eigenvalue weighted by atomic mass is 35.5. The number of benzene rings is 1. The van der Waals surface area contributed by atoms with Gasteiger partial charge in [0, 0.05) is 24.4 Å². The Kier molecular flexibility index (Phi) is 4.64. The third-order valence-electron chi connectivity index (χ3n) is 4.51. The molecule has 0 fully saturated rings. The molecule has 0 bridgehead atoms. The van der Waals surface area contributed by atoms with Crippen LogP contribution >= 0.6 is 22.9 Å². The van der Waals surface area contributed by atoms with E-state index >= 15 is 0 Å². The van der Waals surface area contributed by atoms with Crippen LogP contribution in [0.3, 0.4) is 0 Å². The number of fused-ring (bicyclic) bond motifs is 3. The molecule has 1 aliphatic rings. The zero-order valence-corrected chi connectivity index (χ0v) is 17.2. The molecule has 3 aromatic rings. The van der Waals surface area contributed by atoms with Gasteiger partial charge in [0.05, 0.1) is 21.9 Å². The lowest BCUT2D eigenvalue weighted by Crippen LogP contribution is -2.41. The number of nitrogens with zero attached hydrogens (tertiary/aromatic N) is 3. The first-order valence-electron chi connectivity index (χ1n) is 8.99. The molecule has 0 radical (unpaired) electrons. The number of hydrogen-bond donors (Lipinski definition) is 0. The van der Waals surface area contributed by atoms with Crippen LogP contribution in [0.25, 0.3) is 11.0 Å². The Morgan fingerprint density at radius 2 is 2.07 bits per heavy atom. The fourth-order valence-electron chi connectivity index (χ4n) is 3.35. The number of para-hydroxylation sites is 1. The number of imidazole rings is 1. The van der Waals surface area contributed by atoms with Crippen molar-refractivity contribution in [1.29, 1.82) is 0 Å². The van der Waals surface area contributed by atoms with E-state index in [1.807, 2.05) is 26.8 Å². The molecule has 3 heterocycles. The Morgan fingerprint density at radius 1 is 1.26 bits per heavy atom. The van der Waals surface area contributed by atoms with Crippen molar-refractivity contribution in [3.05, 3.63) is 50.9 Å². The van der Waals surface area contributed by atoms with Crippen molar-refractivity contribution in [1.82, 2.24) is 14.5 Å². The van der Waals surface area contributed by atoms with Crippen LogP contribution in [-0.2, 0) is 24.2 Å². The molecule has 27 heavy (non-hydrogen) atoms. The molecule has 0 atom stereocenters. The molecule has 4 rings (SSSR count). The van der Waals surface area contributed by atoms with Crippen LogP contribution in [0, 0.1) is 0 Å². The standard InChI is InChI=1S/C20H22ClN3O2S/c1-20(2,3)26-19(25)23-9-10-24-15-6-4-5-13(18(15)22-17(24)12-23)11-14-7-8-16(21)27-14/h4-8H,9-12H2,1-3H3. The summed E-state index contributed by atoms with van der Waals surface area (Å²) in [6.07, 6.45) is 0.523. The van der Waals surface area contributed by atoms with E-state index in [0.29, 0.717) is 13.1 Å². The predicted octanol–water partition coefficient (Wildman–Crippen LogP) is 5.09. The van der Waals surface area contributed by atoms with Crippen LogP contribution in [-0.4, -0.2) is 32.7 Å². The molecule has 1 aromatic carbocycles. The normalized spacial score (nSPS) is 14.4. The Bertz CT molecular complexity index is 1000. The fraction of sp³-hybridized carbons (Fsp3) is 0.400. The van der Waals surface area contributed by atoms with E-state index in [-0.39, 0.29) is 6.09 Å². The van der Waals surface area contributed by atoms with Gasteiger partial charge in [0.15, 0.2) is 0 Å². The summed E-state index contributed by atoms with van der Waals surface area (Å²) in [5.74, 6) is 0.902. The highest BCUT2D eigenvalue weighted by molar-refractivity contribution is 7.16. The summed E-state index contributed by atoms with van der Waals surface area (Å²) in [4.78, 5) is 20.2. The van der Waals surface area contributed by atoms with E-state index in [0.717, 1.165) is 34.2 Å². The molecule has 0 spiro atoms. The Balaban J connectivity index is 1.62. The van der Waals surface area contributed by atoms with Crippen LogP contribution < -0.4 is 0 Å². The van der Waals surface area contributed by atoms with Gasteiger partial charge >= 0.3 is 6.09 Å². The second-order valence-electron chi connectivity index (χ2n) is 7.75. The minimum atomic E-state index is -0.496. The number of hydrogen-bond acceptors (Lipinski definition) is 4. The number of carbonyl (C=O) groups excluding carboxylic acids is 1. The molecule has 0 N–H and O–H groups in total. The SMILES string of the molecule is CC(C)(C)OC(=O)N1CCn2c(nc3c(Cc4ccc(Cl)s4)cccc32)C1. The van der Waals surface area contributed by atoms with Crippen LogP contribution in [0.5, 0.6) is 0 Å². The molecule has 7 heteroatoms. The van der Waals surface area contributed by atoms with Crippen molar-refractivity contribution in [3.8, 4) is 0 Å². The summed E-state index contributed by atoms with van der Waals surface area (Å²) < 4.78 is 8.52. The number of carbonyl (C=O) groups is 1. The summed E-state index contributed by atoms with van der Waals surface area (Å²) in [6.45, 7) is 7.46. The third-order valence-corrected chi connectivity index (χ3v) is 5.74. The van der Waals surface area contributed by atoms with E-state index in [2.05, 4.69) is 28.8 Å². The van der Waals surface area contributed by atoms with Crippen molar-refractivity contribution >= 4 is 40.1 Å². The minimum absolute atomic E-state index is 0.283. The smallest absolute Gasteiger partial charge is 0.410 e. The average molecular weight is 404 g/mol. The monoisotopic (exact) mass is 403 g/mol. The highest BCUT2D eigenvalue weighted by Crippen LogP contribution is 2.29. The van der Waals surface area contributed by atoms with Gasteiger partial charge in [-0.25, -0.2) is 9.78 Å². The molecule has 0 saturated carbocycles. The topological polar surface area (TPSA) is 47.4 Å². The maximum atomic E-state index is 12.4. The van der Waals surface area contributed by atoms with E-state index in [9.17, 15) is 4.79 Å². The summed E-state index contributed by atoms with van der Waals surface area (Å²) in [6, 6.07) is 10.3. The van der Waals surface area contributed by atoms with Crippen LogP contribution in [0.15, 0.2) is 30.3 Å². The number of thiophene rings is 1. The average Bonchev–Trinajstić information content (AvgIpc) is 3.16. The first-order valence-corrected chi connectivity index (χ1v) is 10.2. The Labute approximate surface area is 167 Å².